The normalized spacial score (nSPS) is 10.4. The standard InChI is InChI=1S/C20H19N3O2/c21-10-8-20(24)22-11-9-16-13-23-19-12-17(6-7-18(16)19)25-14-15-4-2-1-3-5-15/h1-7,12-13,23H,8-9,11,14H2,(H,22,24). The number of carbonyl (C=O) groups excluding carboxylic acids is 1. The Labute approximate surface area is 146 Å². The van der Waals surface area contributed by atoms with E-state index in [9.17, 15) is 4.79 Å². The van der Waals surface area contributed by atoms with Crippen molar-refractivity contribution in [2.24, 2.45) is 0 Å². The largest absolute Gasteiger partial charge is 0.489 e. The number of amides is 1. The summed E-state index contributed by atoms with van der Waals surface area (Å²) in [5.41, 5.74) is 3.26. The first-order chi connectivity index (χ1) is 12.3. The van der Waals surface area contributed by atoms with Gasteiger partial charge in [0.15, 0.2) is 0 Å². The molecular formula is C20H19N3O2. The first kappa shape index (κ1) is 16.6. The number of hydrogen-bond donors (Lipinski definition) is 2. The quantitative estimate of drug-likeness (QED) is 0.696. The second kappa shape index (κ2) is 8.02. The van der Waals surface area contributed by atoms with Gasteiger partial charge in [0, 0.05) is 29.7 Å². The molecule has 1 amide bonds. The van der Waals surface area contributed by atoms with Crippen LogP contribution >= 0.6 is 0 Å². The van der Waals surface area contributed by atoms with Gasteiger partial charge in [0.05, 0.1) is 6.07 Å². The first-order valence-electron chi connectivity index (χ1n) is 8.16. The van der Waals surface area contributed by atoms with Crippen molar-refractivity contribution < 1.29 is 9.53 Å². The van der Waals surface area contributed by atoms with Crippen LogP contribution in [-0.4, -0.2) is 17.4 Å². The third kappa shape index (κ3) is 4.39. The van der Waals surface area contributed by atoms with E-state index >= 15 is 0 Å². The SMILES string of the molecule is N#CCC(=O)NCCc1c[nH]c2cc(OCc3ccccc3)ccc12. The van der Waals surface area contributed by atoms with Crippen molar-refractivity contribution in [2.75, 3.05) is 6.54 Å². The number of benzene rings is 2. The second-order valence-electron chi connectivity index (χ2n) is 5.73. The smallest absolute Gasteiger partial charge is 0.234 e. The van der Waals surface area contributed by atoms with Crippen LogP contribution in [0.1, 0.15) is 17.5 Å². The van der Waals surface area contributed by atoms with Gasteiger partial charge in [-0.25, -0.2) is 0 Å². The summed E-state index contributed by atoms with van der Waals surface area (Å²) >= 11 is 0. The van der Waals surface area contributed by atoms with Crippen molar-refractivity contribution in [3.8, 4) is 11.8 Å². The molecule has 2 aromatic carbocycles. The van der Waals surface area contributed by atoms with Crippen LogP contribution in [0.3, 0.4) is 0 Å². The highest BCUT2D eigenvalue weighted by Crippen LogP contribution is 2.24. The molecule has 0 atom stereocenters. The number of H-pyrrole nitrogens is 1. The Hall–Kier alpha value is -3.26. The topological polar surface area (TPSA) is 77.9 Å². The van der Waals surface area contributed by atoms with Gasteiger partial charge < -0.3 is 15.0 Å². The summed E-state index contributed by atoms with van der Waals surface area (Å²) in [7, 11) is 0. The van der Waals surface area contributed by atoms with Crippen molar-refractivity contribution in [3.05, 3.63) is 65.9 Å². The van der Waals surface area contributed by atoms with Gasteiger partial charge in [0.25, 0.3) is 0 Å². The van der Waals surface area contributed by atoms with Gasteiger partial charge in [-0.3, -0.25) is 4.79 Å². The zero-order chi connectivity index (χ0) is 17.5. The minimum atomic E-state index is -0.237. The van der Waals surface area contributed by atoms with E-state index in [1.54, 1.807) is 0 Å². The van der Waals surface area contributed by atoms with E-state index in [1.807, 2.05) is 60.8 Å². The van der Waals surface area contributed by atoms with Crippen LogP contribution in [0.2, 0.25) is 0 Å². The van der Waals surface area contributed by atoms with Crippen LogP contribution in [0.15, 0.2) is 54.7 Å². The highest BCUT2D eigenvalue weighted by atomic mass is 16.5. The second-order valence-corrected chi connectivity index (χ2v) is 5.73. The third-order valence-corrected chi connectivity index (χ3v) is 3.94. The lowest BCUT2D eigenvalue weighted by molar-refractivity contribution is -0.120. The van der Waals surface area contributed by atoms with Crippen LogP contribution in [0.25, 0.3) is 10.9 Å². The van der Waals surface area contributed by atoms with E-state index in [1.165, 1.54) is 0 Å². The number of carbonyl (C=O) groups is 1. The molecule has 25 heavy (non-hydrogen) atoms. The lowest BCUT2D eigenvalue weighted by Gasteiger charge is -2.07. The van der Waals surface area contributed by atoms with Crippen LogP contribution in [0, 0.1) is 11.3 Å². The van der Waals surface area contributed by atoms with E-state index < -0.39 is 0 Å². The van der Waals surface area contributed by atoms with Crippen LogP contribution in [0.5, 0.6) is 5.75 Å². The Morgan fingerprint density at radius 1 is 1.20 bits per heavy atom. The molecule has 1 aromatic heterocycles. The molecular weight excluding hydrogens is 314 g/mol. The highest BCUT2D eigenvalue weighted by Gasteiger charge is 2.06. The number of aromatic nitrogens is 1. The van der Waals surface area contributed by atoms with Crippen molar-refractivity contribution in [1.29, 1.82) is 5.26 Å². The van der Waals surface area contributed by atoms with Crippen molar-refractivity contribution in [1.82, 2.24) is 10.3 Å². The van der Waals surface area contributed by atoms with E-state index in [2.05, 4.69) is 10.3 Å². The summed E-state index contributed by atoms with van der Waals surface area (Å²) < 4.78 is 5.84. The Kier molecular flexibility index (Phi) is 5.32. The number of ether oxygens (including phenoxy) is 1. The molecule has 0 spiro atoms. The molecule has 3 aromatic rings. The van der Waals surface area contributed by atoms with Crippen LogP contribution in [-0.2, 0) is 17.8 Å². The highest BCUT2D eigenvalue weighted by molar-refractivity contribution is 5.84. The van der Waals surface area contributed by atoms with Crippen LogP contribution < -0.4 is 10.1 Å². The zero-order valence-corrected chi connectivity index (χ0v) is 13.8. The summed E-state index contributed by atoms with van der Waals surface area (Å²) in [6.45, 7) is 1.05. The van der Waals surface area contributed by atoms with Crippen LogP contribution in [0.4, 0.5) is 0 Å². The molecule has 0 aliphatic heterocycles. The molecule has 0 aliphatic carbocycles. The molecule has 3 rings (SSSR count). The molecule has 0 saturated carbocycles. The van der Waals surface area contributed by atoms with E-state index in [-0.39, 0.29) is 12.3 Å². The van der Waals surface area contributed by atoms with Gasteiger partial charge in [-0.1, -0.05) is 30.3 Å². The van der Waals surface area contributed by atoms with Crippen molar-refractivity contribution >= 4 is 16.8 Å². The average molecular weight is 333 g/mol. The maximum atomic E-state index is 11.3. The zero-order valence-electron chi connectivity index (χ0n) is 13.8. The number of hydrogen-bond acceptors (Lipinski definition) is 3. The molecule has 0 aliphatic rings. The predicted molar refractivity (Wildman–Crippen MR) is 96.0 cm³/mol. The number of rotatable bonds is 7. The van der Waals surface area contributed by atoms with Crippen molar-refractivity contribution in [3.63, 3.8) is 0 Å². The molecule has 0 fully saturated rings. The minimum absolute atomic E-state index is 0.101. The molecule has 0 unspecified atom stereocenters. The van der Waals surface area contributed by atoms with E-state index in [4.69, 9.17) is 10.00 Å². The molecule has 2 N–H and O–H groups in total. The summed E-state index contributed by atoms with van der Waals surface area (Å²) in [5, 5.41) is 12.3. The monoisotopic (exact) mass is 333 g/mol. The minimum Gasteiger partial charge on any atom is -0.489 e. The van der Waals surface area contributed by atoms with Crippen molar-refractivity contribution in [2.45, 2.75) is 19.4 Å². The third-order valence-electron chi connectivity index (χ3n) is 3.94. The molecule has 0 radical (unpaired) electrons. The lowest BCUT2D eigenvalue weighted by atomic mass is 10.1. The first-order valence-corrected chi connectivity index (χ1v) is 8.16. The summed E-state index contributed by atoms with van der Waals surface area (Å²) in [5.74, 6) is 0.575. The molecule has 126 valence electrons. The Bertz CT molecular complexity index is 894. The maximum Gasteiger partial charge on any atom is 0.234 e. The molecule has 0 bridgehead atoms. The Balaban J connectivity index is 1.61. The molecule has 5 nitrogen and oxygen atoms in total. The fourth-order valence-corrected chi connectivity index (χ4v) is 2.67. The maximum absolute atomic E-state index is 11.3. The number of nitrogens with zero attached hydrogens (tertiary/aromatic N) is 1. The van der Waals surface area contributed by atoms with Gasteiger partial charge in [0.2, 0.25) is 5.91 Å². The van der Waals surface area contributed by atoms with Gasteiger partial charge in [-0.05, 0) is 29.7 Å². The molecule has 5 heteroatoms. The fraction of sp³-hybridized carbons (Fsp3) is 0.200. The summed E-state index contributed by atoms with van der Waals surface area (Å²) in [4.78, 5) is 14.6. The van der Waals surface area contributed by atoms with Gasteiger partial charge in [-0.15, -0.1) is 0 Å². The van der Waals surface area contributed by atoms with E-state index in [0.29, 0.717) is 19.6 Å². The molecule has 0 saturated heterocycles. The average Bonchev–Trinajstić information content (AvgIpc) is 3.03. The fourth-order valence-electron chi connectivity index (χ4n) is 2.67. The van der Waals surface area contributed by atoms with E-state index in [0.717, 1.165) is 27.8 Å². The Morgan fingerprint density at radius 2 is 2.04 bits per heavy atom. The number of nitrogens with one attached hydrogen (secondary N) is 2. The molecule has 1 heterocycles. The van der Waals surface area contributed by atoms with Gasteiger partial charge >= 0.3 is 0 Å². The Morgan fingerprint density at radius 3 is 2.84 bits per heavy atom. The lowest BCUT2D eigenvalue weighted by Crippen LogP contribution is -2.24. The summed E-state index contributed by atoms with van der Waals surface area (Å²) in [6.07, 6.45) is 2.56. The number of aromatic amines is 1. The summed E-state index contributed by atoms with van der Waals surface area (Å²) in [6, 6.07) is 17.8. The number of fused-ring (bicyclic) bond motifs is 1. The predicted octanol–water partition coefficient (Wildman–Crippen LogP) is 3.32. The number of nitriles is 1. The van der Waals surface area contributed by atoms with Gasteiger partial charge in [0.1, 0.15) is 18.8 Å². The van der Waals surface area contributed by atoms with Gasteiger partial charge in [-0.2, -0.15) is 5.26 Å².